The average Bonchev–Trinajstić information content (AvgIpc) is 3.97. The Balaban J connectivity index is 1.19. The molecule has 9 aromatic rings. The third kappa shape index (κ3) is 5.04. The molecule has 0 spiro atoms. The molecule has 2 aliphatic heterocycles. The molecule has 0 N–H and O–H groups in total. The minimum Gasteiger partial charge on any atom is -0.376 e. The van der Waals surface area contributed by atoms with Crippen LogP contribution in [-0.4, -0.2) is 11.4 Å². The van der Waals surface area contributed by atoms with E-state index >= 15 is 0 Å². The highest BCUT2D eigenvalue weighted by Gasteiger charge is 2.52. The van der Waals surface area contributed by atoms with Gasteiger partial charge in [-0.25, -0.2) is 0 Å². The van der Waals surface area contributed by atoms with Crippen molar-refractivity contribution in [2.24, 2.45) is 0 Å². The summed E-state index contributed by atoms with van der Waals surface area (Å²) in [5, 5.41) is 2.85. The number of hydrogen-bond acceptors (Lipinski definition) is 1. The highest BCUT2D eigenvalue weighted by Crippen LogP contribution is 2.62. The molecule has 0 atom stereocenters. The van der Waals surface area contributed by atoms with Gasteiger partial charge < -0.3 is 9.38 Å². The van der Waals surface area contributed by atoms with Crippen LogP contribution in [0.2, 0.25) is 0 Å². The first-order chi connectivity index (χ1) is 34.1. The van der Waals surface area contributed by atoms with E-state index in [0.717, 1.165) is 0 Å². The molecule has 1 aromatic heterocycles. The molecular formula is C69H65BN2. The molecule has 0 bridgehead atoms. The fraction of sp³-hybridized carbons (Fsp3) is 0.304. The van der Waals surface area contributed by atoms with Crippen molar-refractivity contribution in [2.75, 3.05) is 4.81 Å². The molecule has 2 nitrogen and oxygen atoms in total. The largest absolute Gasteiger partial charge is 0.376 e. The van der Waals surface area contributed by atoms with Gasteiger partial charge in [-0.1, -0.05) is 181 Å². The van der Waals surface area contributed by atoms with E-state index in [-0.39, 0.29) is 39.3 Å². The number of rotatable bonds is 1. The van der Waals surface area contributed by atoms with Crippen LogP contribution in [0.3, 0.4) is 0 Å². The van der Waals surface area contributed by atoms with Crippen LogP contribution in [0.4, 0.5) is 11.4 Å². The number of benzene rings is 8. The van der Waals surface area contributed by atoms with Gasteiger partial charge in [0, 0.05) is 49.6 Å². The smallest absolute Gasteiger partial charge is 0.333 e. The molecule has 0 fully saturated rings. The summed E-state index contributed by atoms with van der Waals surface area (Å²) in [4.78, 5) is 2.80. The van der Waals surface area contributed by atoms with Crippen LogP contribution in [0.25, 0.3) is 72.0 Å². The summed E-state index contributed by atoms with van der Waals surface area (Å²) in [7, 11) is 0. The van der Waals surface area contributed by atoms with Gasteiger partial charge in [0.1, 0.15) is 0 Å². The van der Waals surface area contributed by atoms with Gasteiger partial charge in [-0.2, -0.15) is 0 Å². The van der Waals surface area contributed by atoms with Crippen molar-refractivity contribution < 1.29 is 0 Å². The Labute approximate surface area is 427 Å². The Kier molecular flexibility index (Phi) is 7.86. The van der Waals surface area contributed by atoms with Gasteiger partial charge in [-0.3, -0.25) is 0 Å². The van der Waals surface area contributed by atoms with Gasteiger partial charge in [0.15, 0.2) is 0 Å². The first-order valence-electron chi connectivity index (χ1n) is 26.9. The van der Waals surface area contributed by atoms with E-state index in [1.54, 1.807) is 0 Å². The SMILES string of the molecule is CC(C)(C)c1ccc(N2B3c4cc5c(cc4-n4c6cc7c(cc6c6c8c(c(c3c64)-c3cc4c(cc32)-c2ccccc2C4(C)C)-c2ccccc2C8(C)C)C(C)(C)CCC7(C)C)-c2ccccc2C5(C)C)cc1. The van der Waals surface area contributed by atoms with Crippen LogP contribution < -0.4 is 15.7 Å². The highest BCUT2D eigenvalue weighted by atomic mass is 15.1. The maximum absolute atomic E-state index is 2.81. The molecule has 4 aliphatic carbocycles. The Morgan fingerprint density at radius 1 is 0.458 bits per heavy atom. The van der Waals surface area contributed by atoms with Gasteiger partial charge in [-0.15, -0.1) is 0 Å². The molecule has 0 saturated carbocycles. The number of nitrogens with zero attached hydrogens (tertiary/aromatic N) is 2. The minimum absolute atomic E-state index is 0.0236. The van der Waals surface area contributed by atoms with E-state index in [4.69, 9.17) is 0 Å². The summed E-state index contributed by atoms with van der Waals surface area (Å²) < 4.78 is 2.81. The third-order valence-electron chi connectivity index (χ3n) is 19.7. The van der Waals surface area contributed by atoms with Crippen molar-refractivity contribution >= 4 is 51.0 Å². The van der Waals surface area contributed by atoms with E-state index in [0.29, 0.717) is 0 Å². The van der Waals surface area contributed by atoms with Crippen molar-refractivity contribution in [1.29, 1.82) is 0 Å². The third-order valence-corrected chi connectivity index (χ3v) is 19.7. The molecule has 3 heteroatoms. The van der Waals surface area contributed by atoms with E-state index in [9.17, 15) is 0 Å². The van der Waals surface area contributed by atoms with Crippen LogP contribution in [0.15, 0.2) is 133 Å². The maximum Gasteiger partial charge on any atom is 0.333 e. The van der Waals surface area contributed by atoms with Gasteiger partial charge in [0.25, 0.3) is 0 Å². The lowest BCUT2D eigenvalue weighted by molar-refractivity contribution is 0.332. The Bertz CT molecular complexity index is 3990. The van der Waals surface area contributed by atoms with Crippen molar-refractivity contribution in [3.63, 3.8) is 0 Å². The molecule has 72 heavy (non-hydrogen) atoms. The van der Waals surface area contributed by atoms with Crippen LogP contribution in [0, 0.1) is 0 Å². The second-order valence-corrected chi connectivity index (χ2v) is 26.7. The zero-order chi connectivity index (χ0) is 49.7. The average molecular weight is 933 g/mol. The molecule has 354 valence electrons. The summed E-state index contributed by atoms with van der Waals surface area (Å²) in [6.45, 7) is 31.8. The Morgan fingerprint density at radius 2 is 0.986 bits per heavy atom. The van der Waals surface area contributed by atoms with Crippen molar-refractivity contribution in [3.8, 4) is 50.2 Å². The van der Waals surface area contributed by atoms with Gasteiger partial charge in [0.2, 0.25) is 0 Å². The number of anilines is 2. The molecule has 6 aliphatic rings. The van der Waals surface area contributed by atoms with E-state index in [1.165, 1.54) is 157 Å². The summed E-state index contributed by atoms with van der Waals surface area (Å²) in [6.07, 6.45) is 2.35. The van der Waals surface area contributed by atoms with Crippen LogP contribution >= 0.6 is 0 Å². The van der Waals surface area contributed by atoms with Crippen molar-refractivity contribution in [1.82, 2.24) is 4.57 Å². The Hall–Kier alpha value is -6.58. The first-order valence-corrected chi connectivity index (χ1v) is 26.9. The first kappa shape index (κ1) is 43.0. The summed E-state index contributed by atoms with van der Waals surface area (Å²) >= 11 is 0. The molecular weight excluding hydrogens is 868 g/mol. The molecule has 8 aromatic carbocycles. The molecule has 0 saturated heterocycles. The fourth-order valence-electron chi connectivity index (χ4n) is 15.7. The lowest BCUT2D eigenvalue weighted by Gasteiger charge is -2.44. The zero-order valence-corrected chi connectivity index (χ0v) is 44.6. The minimum atomic E-state index is -0.256. The molecule has 0 unspecified atom stereocenters. The summed E-state index contributed by atoms with van der Waals surface area (Å²) in [6, 6.07) is 53.6. The monoisotopic (exact) mass is 933 g/mol. The number of fused-ring (bicyclic) bond motifs is 20. The van der Waals surface area contributed by atoms with Crippen LogP contribution in [-0.2, 0) is 32.5 Å². The van der Waals surface area contributed by atoms with Gasteiger partial charge in [0.05, 0.1) is 11.0 Å². The summed E-state index contributed by atoms with van der Waals surface area (Å²) in [5.41, 5.74) is 33.0. The summed E-state index contributed by atoms with van der Waals surface area (Å²) in [5.74, 6) is 0. The molecule has 3 heterocycles. The molecule has 0 amide bonds. The predicted molar refractivity (Wildman–Crippen MR) is 306 cm³/mol. The maximum atomic E-state index is 2.81. The standard InChI is InChI=1S/C69H65BN2/c1-64(2,3)38-26-28-39(29-27-38)72-56-34-43-40-20-14-17-23-47(40)67(8,9)50(43)32-46(56)59-58-42-22-16-19-25-49(42)69(12,13)61(58)60-45-33-52-53(66(6,7)31-30-65(52,4)5)37-55(45)71-57-35-44-41-21-15-18-24-48(41)68(10,11)51(44)36-54(57)70(72)62(59)63(60)71/h14-29,32-37H,30-31H2,1-13H3. The van der Waals surface area contributed by atoms with E-state index in [1.807, 2.05) is 0 Å². The van der Waals surface area contributed by atoms with E-state index in [2.05, 4.69) is 233 Å². The normalized spacial score (nSPS) is 18.7. The lowest BCUT2D eigenvalue weighted by Crippen LogP contribution is -2.61. The zero-order valence-electron chi connectivity index (χ0n) is 44.6. The molecule has 15 rings (SSSR count). The molecule has 0 radical (unpaired) electrons. The quantitative estimate of drug-likeness (QED) is 0.149. The fourth-order valence-corrected chi connectivity index (χ4v) is 15.7. The highest BCUT2D eigenvalue weighted by molar-refractivity contribution is 6.94. The topological polar surface area (TPSA) is 8.17 Å². The second kappa shape index (κ2) is 13.1. The number of aromatic nitrogens is 1. The van der Waals surface area contributed by atoms with Crippen LogP contribution in [0.1, 0.15) is 153 Å². The lowest BCUT2D eigenvalue weighted by atomic mass is 9.43. The van der Waals surface area contributed by atoms with Crippen LogP contribution in [0.5, 0.6) is 0 Å². The van der Waals surface area contributed by atoms with Gasteiger partial charge in [-0.05, 0) is 171 Å². The van der Waals surface area contributed by atoms with Crippen molar-refractivity contribution in [3.05, 3.63) is 184 Å². The predicted octanol–water partition coefficient (Wildman–Crippen LogP) is 16.6. The Morgan fingerprint density at radius 3 is 1.58 bits per heavy atom. The van der Waals surface area contributed by atoms with E-state index < -0.39 is 0 Å². The number of hydrogen-bond donors (Lipinski definition) is 0. The van der Waals surface area contributed by atoms with Crippen molar-refractivity contribution in [2.45, 2.75) is 135 Å². The second-order valence-electron chi connectivity index (χ2n) is 26.7. The van der Waals surface area contributed by atoms with Gasteiger partial charge >= 0.3 is 6.85 Å².